The summed E-state index contributed by atoms with van der Waals surface area (Å²) in [5.41, 5.74) is 4.86. The average molecular weight is 487 g/mol. The second kappa shape index (κ2) is 11.3. The molecule has 6 nitrogen and oxygen atoms in total. The van der Waals surface area contributed by atoms with E-state index in [0.29, 0.717) is 0 Å². The van der Waals surface area contributed by atoms with Crippen LogP contribution in [0.15, 0.2) is 83.7 Å². The van der Waals surface area contributed by atoms with Crippen LogP contribution in [0.1, 0.15) is 5.56 Å². The second-order valence-corrected chi connectivity index (χ2v) is 9.41. The zero-order valence-electron chi connectivity index (χ0n) is 18.8. The van der Waals surface area contributed by atoms with E-state index in [2.05, 4.69) is 95.7 Å². The fraction of sp³-hybridized carbons (Fsp3) is 0.231. The van der Waals surface area contributed by atoms with E-state index in [4.69, 9.17) is 0 Å². The van der Waals surface area contributed by atoms with Crippen LogP contribution in [0.3, 0.4) is 0 Å². The van der Waals surface area contributed by atoms with Crippen LogP contribution < -0.4 is 4.90 Å². The number of fused-ring (bicyclic) bond motifs is 1. The summed E-state index contributed by atoms with van der Waals surface area (Å²) in [7, 11) is 0. The first kappa shape index (κ1) is 22.6. The molecule has 2 aromatic heterocycles. The number of anilines is 1. The second-order valence-electron chi connectivity index (χ2n) is 8.15. The van der Waals surface area contributed by atoms with Gasteiger partial charge in [-0.2, -0.15) is 0 Å². The Morgan fingerprint density at radius 3 is 2.32 bits per heavy atom. The Balaban J connectivity index is 0.000000429. The van der Waals surface area contributed by atoms with Gasteiger partial charge in [0.15, 0.2) is 0 Å². The predicted octanol–water partition coefficient (Wildman–Crippen LogP) is 5.26. The molecule has 1 aliphatic rings. The highest BCUT2D eigenvalue weighted by Gasteiger charge is 2.18. The van der Waals surface area contributed by atoms with Gasteiger partial charge in [-0.05, 0) is 46.5 Å². The van der Waals surface area contributed by atoms with Crippen molar-refractivity contribution >= 4 is 39.5 Å². The summed E-state index contributed by atoms with van der Waals surface area (Å²) in [6, 6.07) is 24.1. The molecule has 6 rings (SSSR count). The first-order valence-corrected chi connectivity index (χ1v) is 13.1. The van der Waals surface area contributed by atoms with Gasteiger partial charge in [0.1, 0.15) is 5.69 Å². The molecule has 5 aromatic rings. The van der Waals surface area contributed by atoms with Crippen LogP contribution in [-0.2, 0) is 6.42 Å². The highest BCUT2D eigenvalue weighted by Crippen LogP contribution is 2.27. The topological polar surface area (TPSA) is 58.0 Å². The molecule has 0 saturated carbocycles. The van der Waals surface area contributed by atoms with Gasteiger partial charge in [0, 0.05) is 60.1 Å². The van der Waals surface area contributed by atoms with Crippen LogP contribution in [0.5, 0.6) is 0 Å². The third kappa shape index (κ3) is 5.64. The van der Waals surface area contributed by atoms with Crippen molar-refractivity contribution in [1.82, 2.24) is 24.1 Å². The van der Waals surface area contributed by atoms with Crippen LogP contribution in [0.4, 0.5) is 5.69 Å². The lowest BCUT2D eigenvalue weighted by Crippen LogP contribution is -2.47. The molecule has 0 amide bonds. The Labute approximate surface area is 207 Å². The first-order valence-electron chi connectivity index (χ1n) is 11.4. The fourth-order valence-electron chi connectivity index (χ4n) is 4.25. The van der Waals surface area contributed by atoms with Gasteiger partial charge in [0.05, 0.1) is 6.20 Å². The third-order valence-corrected chi connectivity index (χ3v) is 7.03. The van der Waals surface area contributed by atoms with E-state index in [1.54, 1.807) is 6.20 Å². The van der Waals surface area contributed by atoms with E-state index in [9.17, 15) is 0 Å². The minimum absolute atomic E-state index is 0.964. The standard InChI is InChI=1S/C24H24N4S.C2H2N2S/c1-2-6-22-20(4-1)5-3-7-24(22)28-16-14-27(15-17-28)13-12-19-8-10-21(11-9-19)23-18-29-26-25-23;1-2-5-4-3-1/h1-11,18H,12-17H2;1-2H. The molecule has 0 radical (unpaired) electrons. The lowest BCUT2D eigenvalue weighted by Gasteiger charge is -2.36. The highest BCUT2D eigenvalue weighted by molar-refractivity contribution is 7.03. The molecule has 3 aromatic carbocycles. The number of benzene rings is 3. The Hall–Kier alpha value is -3.20. The van der Waals surface area contributed by atoms with Crippen LogP contribution in [0, 0.1) is 0 Å². The maximum absolute atomic E-state index is 4.14. The molecule has 34 heavy (non-hydrogen) atoms. The maximum atomic E-state index is 4.14. The van der Waals surface area contributed by atoms with E-state index in [0.717, 1.165) is 50.4 Å². The Bertz CT molecular complexity index is 1240. The quantitative estimate of drug-likeness (QED) is 0.338. The lowest BCUT2D eigenvalue weighted by molar-refractivity contribution is 0.261. The number of rotatable bonds is 5. The molecule has 8 heteroatoms. The fourth-order valence-corrected chi connectivity index (χ4v) is 4.99. The molecule has 0 aliphatic carbocycles. The smallest absolute Gasteiger partial charge is 0.105 e. The summed E-state index contributed by atoms with van der Waals surface area (Å²) < 4.78 is 7.46. The molecule has 0 spiro atoms. The monoisotopic (exact) mass is 486 g/mol. The maximum Gasteiger partial charge on any atom is 0.105 e. The molecule has 1 saturated heterocycles. The van der Waals surface area contributed by atoms with Crippen molar-refractivity contribution in [3.63, 3.8) is 0 Å². The summed E-state index contributed by atoms with van der Waals surface area (Å²) in [5.74, 6) is 0. The SMILES string of the molecule is c1ccc2c(N3CCN(CCc4ccc(-c5csnn5)cc4)CC3)cccc2c1.c1csnn1. The van der Waals surface area contributed by atoms with E-state index >= 15 is 0 Å². The van der Waals surface area contributed by atoms with Gasteiger partial charge in [-0.1, -0.05) is 69.6 Å². The van der Waals surface area contributed by atoms with Gasteiger partial charge in [-0.15, -0.1) is 10.2 Å². The Morgan fingerprint density at radius 2 is 1.62 bits per heavy atom. The van der Waals surface area contributed by atoms with Crippen LogP contribution in [0.25, 0.3) is 22.0 Å². The summed E-state index contributed by atoms with van der Waals surface area (Å²) in [4.78, 5) is 5.12. The Morgan fingerprint density at radius 1 is 0.794 bits per heavy atom. The summed E-state index contributed by atoms with van der Waals surface area (Å²) in [6.45, 7) is 5.52. The highest BCUT2D eigenvalue weighted by atomic mass is 32.1. The van der Waals surface area contributed by atoms with Crippen LogP contribution in [-0.4, -0.2) is 56.8 Å². The van der Waals surface area contributed by atoms with Crippen molar-refractivity contribution < 1.29 is 0 Å². The summed E-state index contributed by atoms with van der Waals surface area (Å²) >= 11 is 2.75. The molecule has 172 valence electrons. The van der Waals surface area contributed by atoms with Crippen molar-refractivity contribution in [2.24, 2.45) is 0 Å². The van der Waals surface area contributed by atoms with Crippen LogP contribution >= 0.6 is 23.1 Å². The first-order chi connectivity index (χ1) is 16.9. The summed E-state index contributed by atoms with van der Waals surface area (Å²) in [5, 5.41) is 14.1. The van der Waals surface area contributed by atoms with Crippen molar-refractivity contribution in [1.29, 1.82) is 0 Å². The number of aromatic nitrogens is 4. The molecule has 0 N–H and O–H groups in total. The molecule has 1 aliphatic heterocycles. The number of hydrogen-bond donors (Lipinski definition) is 0. The third-order valence-electron chi connectivity index (χ3n) is 6.09. The van der Waals surface area contributed by atoms with Crippen molar-refractivity contribution in [2.75, 3.05) is 37.6 Å². The minimum Gasteiger partial charge on any atom is -0.368 e. The predicted molar refractivity (Wildman–Crippen MR) is 142 cm³/mol. The van der Waals surface area contributed by atoms with E-state index < -0.39 is 0 Å². The molecule has 0 unspecified atom stereocenters. The van der Waals surface area contributed by atoms with Gasteiger partial charge in [-0.25, -0.2) is 0 Å². The lowest BCUT2D eigenvalue weighted by atomic mass is 10.1. The van der Waals surface area contributed by atoms with Gasteiger partial charge in [0.25, 0.3) is 0 Å². The van der Waals surface area contributed by atoms with E-state index in [1.807, 2.05) is 10.8 Å². The molecule has 3 heterocycles. The Kier molecular flexibility index (Phi) is 7.50. The summed E-state index contributed by atoms with van der Waals surface area (Å²) in [6.07, 6.45) is 2.74. The molecular weight excluding hydrogens is 460 g/mol. The van der Waals surface area contributed by atoms with Gasteiger partial charge in [0.2, 0.25) is 0 Å². The van der Waals surface area contributed by atoms with Crippen LogP contribution in [0.2, 0.25) is 0 Å². The normalized spacial score (nSPS) is 14.1. The molecule has 0 atom stereocenters. The van der Waals surface area contributed by atoms with E-state index in [1.165, 1.54) is 45.1 Å². The zero-order valence-corrected chi connectivity index (χ0v) is 20.5. The molecule has 0 bridgehead atoms. The van der Waals surface area contributed by atoms with Gasteiger partial charge < -0.3 is 4.90 Å². The van der Waals surface area contributed by atoms with Gasteiger partial charge >= 0.3 is 0 Å². The molecule has 1 fully saturated rings. The van der Waals surface area contributed by atoms with Crippen molar-refractivity contribution in [2.45, 2.75) is 6.42 Å². The van der Waals surface area contributed by atoms with E-state index in [-0.39, 0.29) is 0 Å². The molecular formula is C26H26N6S2. The van der Waals surface area contributed by atoms with Gasteiger partial charge in [-0.3, -0.25) is 4.90 Å². The number of hydrogen-bond acceptors (Lipinski definition) is 8. The van der Waals surface area contributed by atoms with Crippen molar-refractivity contribution in [3.05, 3.63) is 89.3 Å². The zero-order chi connectivity index (χ0) is 23.0. The average Bonchev–Trinajstić information content (AvgIpc) is 3.66. The number of nitrogens with zero attached hydrogens (tertiary/aromatic N) is 6. The largest absolute Gasteiger partial charge is 0.368 e. The van der Waals surface area contributed by atoms with Crippen molar-refractivity contribution in [3.8, 4) is 11.3 Å². The minimum atomic E-state index is 0.964. The number of piperazine rings is 1.